The molecule has 0 atom stereocenters. The van der Waals surface area contributed by atoms with Crippen molar-refractivity contribution in [3.05, 3.63) is 46.3 Å². The number of benzene rings is 1. The second kappa shape index (κ2) is 3.70. The summed E-state index contributed by atoms with van der Waals surface area (Å²) >= 11 is 3.26. The average Bonchev–Trinajstić information content (AvgIpc) is 2.54. The Kier molecular flexibility index (Phi) is 2.40. The first-order valence-corrected chi connectivity index (χ1v) is 4.66. The highest BCUT2D eigenvalue weighted by Gasteiger charge is 2.06. The van der Waals surface area contributed by atoms with Crippen LogP contribution in [0.25, 0.3) is 0 Å². The zero-order valence-corrected chi connectivity index (χ0v) is 8.36. The second-order valence-electron chi connectivity index (χ2n) is 2.65. The minimum Gasteiger partial charge on any atom is -0.341 e. The molecule has 0 N–H and O–H groups in total. The van der Waals surface area contributed by atoms with E-state index in [9.17, 15) is 0 Å². The Balaban J connectivity index is 2.20. The summed E-state index contributed by atoms with van der Waals surface area (Å²) in [6.45, 7) is 0. The monoisotopic (exact) mass is 238 g/mol. The van der Waals surface area contributed by atoms with Crippen LogP contribution in [0.5, 0.6) is 0 Å². The van der Waals surface area contributed by atoms with Gasteiger partial charge in [-0.1, -0.05) is 30.3 Å². The minimum atomic E-state index is 0.677. The predicted molar refractivity (Wildman–Crippen MR) is 51.2 cm³/mol. The van der Waals surface area contributed by atoms with E-state index in [1.54, 1.807) is 0 Å². The lowest BCUT2D eigenvalue weighted by Crippen LogP contribution is -1.85. The van der Waals surface area contributed by atoms with Crippen molar-refractivity contribution in [2.45, 2.75) is 6.42 Å². The van der Waals surface area contributed by atoms with E-state index in [1.165, 1.54) is 5.56 Å². The van der Waals surface area contributed by atoms with Crippen molar-refractivity contribution in [3.63, 3.8) is 0 Å². The first-order chi connectivity index (χ1) is 6.36. The molecule has 0 unspecified atom stereocenters. The second-order valence-corrected chi connectivity index (χ2v) is 3.40. The fourth-order valence-corrected chi connectivity index (χ4v) is 1.36. The molecule has 0 radical (unpaired) electrons. The van der Waals surface area contributed by atoms with Gasteiger partial charge in [0, 0.05) is 11.7 Å². The highest BCUT2D eigenvalue weighted by atomic mass is 79.9. The van der Waals surface area contributed by atoms with E-state index in [2.05, 4.69) is 26.3 Å². The molecule has 1 heterocycles. The van der Waals surface area contributed by atoms with Crippen molar-refractivity contribution in [1.29, 1.82) is 0 Å². The van der Waals surface area contributed by atoms with Crippen LogP contribution >= 0.6 is 15.9 Å². The maximum Gasteiger partial charge on any atom is 0.176 e. The molecule has 66 valence electrons. The number of halogens is 1. The maximum atomic E-state index is 4.96. The number of aromatic nitrogens is 2. The molecule has 0 aliphatic carbocycles. The molecule has 0 spiro atoms. The molecule has 4 heteroatoms. The molecule has 0 amide bonds. The number of rotatable bonds is 2. The third-order valence-corrected chi connectivity index (χ3v) is 2.32. The average molecular weight is 239 g/mol. The lowest BCUT2D eigenvalue weighted by atomic mass is 10.1. The summed E-state index contributed by atoms with van der Waals surface area (Å²) in [4.78, 5) is 0. The highest BCUT2D eigenvalue weighted by molar-refractivity contribution is 9.10. The Bertz CT molecular complexity index is 386. The van der Waals surface area contributed by atoms with E-state index in [4.69, 9.17) is 4.52 Å². The van der Waals surface area contributed by atoms with E-state index in [-0.39, 0.29) is 0 Å². The minimum absolute atomic E-state index is 0.677. The molecule has 2 rings (SSSR count). The molecule has 0 aliphatic heterocycles. The third-order valence-electron chi connectivity index (χ3n) is 1.72. The molecule has 1 aromatic carbocycles. The van der Waals surface area contributed by atoms with Crippen LogP contribution in [0.3, 0.4) is 0 Å². The van der Waals surface area contributed by atoms with Crippen LogP contribution in [-0.2, 0) is 6.42 Å². The van der Waals surface area contributed by atoms with Gasteiger partial charge in [0.1, 0.15) is 0 Å². The summed E-state index contributed by atoms with van der Waals surface area (Å²) in [6, 6.07) is 10.0. The van der Waals surface area contributed by atoms with Crippen LogP contribution in [0.1, 0.15) is 11.3 Å². The van der Waals surface area contributed by atoms with Gasteiger partial charge in [0.15, 0.2) is 10.4 Å². The van der Waals surface area contributed by atoms with Crippen LogP contribution in [0.4, 0.5) is 0 Å². The van der Waals surface area contributed by atoms with E-state index in [1.807, 2.05) is 30.3 Å². The molecule has 0 saturated heterocycles. The summed E-state index contributed by atoms with van der Waals surface area (Å²) in [7, 11) is 0. The van der Waals surface area contributed by atoms with Crippen molar-refractivity contribution in [3.8, 4) is 0 Å². The Hall–Kier alpha value is -1.16. The van der Waals surface area contributed by atoms with Crippen molar-refractivity contribution < 1.29 is 4.52 Å². The van der Waals surface area contributed by atoms with Crippen molar-refractivity contribution >= 4 is 15.9 Å². The lowest BCUT2D eigenvalue weighted by molar-refractivity contribution is 0.367. The van der Waals surface area contributed by atoms with Crippen LogP contribution in [0.15, 0.2) is 39.5 Å². The quantitative estimate of drug-likeness (QED) is 0.807. The Morgan fingerprint density at radius 2 is 2.00 bits per heavy atom. The van der Waals surface area contributed by atoms with Gasteiger partial charge < -0.3 is 4.52 Å². The highest BCUT2D eigenvalue weighted by Crippen LogP contribution is 2.16. The normalized spacial score (nSPS) is 10.2. The van der Waals surface area contributed by atoms with Crippen LogP contribution < -0.4 is 0 Å². The molecule has 13 heavy (non-hydrogen) atoms. The first kappa shape index (κ1) is 8.44. The fraction of sp³-hybridized carbons (Fsp3) is 0.111. The third kappa shape index (κ3) is 1.95. The molecule has 0 saturated carbocycles. The zero-order chi connectivity index (χ0) is 9.10. The SMILES string of the molecule is Brc1nnoc1Cc1ccccc1. The van der Waals surface area contributed by atoms with Gasteiger partial charge >= 0.3 is 0 Å². The summed E-state index contributed by atoms with van der Waals surface area (Å²) in [5.74, 6) is 0.756. The number of hydrogen-bond donors (Lipinski definition) is 0. The Labute approximate surface area is 83.9 Å². The van der Waals surface area contributed by atoms with E-state index < -0.39 is 0 Å². The maximum absolute atomic E-state index is 4.96. The summed E-state index contributed by atoms with van der Waals surface area (Å²) in [5.41, 5.74) is 1.18. The van der Waals surface area contributed by atoms with Crippen molar-refractivity contribution in [1.82, 2.24) is 10.4 Å². The van der Waals surface area contributed by atoms with Crippen LogP contribution in [0, 0.1) is 0 Å². The van der Waals surface area contributed by atoms with Gasteiger partial charge in [-0.05, 0) is 21.5 Å². The fourth-order valence-electron chi connectivity index (χ4n) is 1.09. The Morgan fingerprint density at radius 1 is 1.23 bits per heavy atom. The van der Waals surface area contributed by atoms with Crippen LogP contribution in [0.2, 0.25) is 0 Å². The topological polar surface area (TPSA) is 38.9 Å². The standard InChI is InChI=1S/C9H7BrN2O/c10-9-8(13-12-11-9)6-7-4-2-1-3-5-7/h1-5H,6H2. The largest absolute Gasteiger partial charge is 0.341 e. The van der Waals surface area contributed by atoms with Gasteiger partial charge in [-0.15, -0.1) is 5.10 Å². The molecule has 3 nitrogen and oxygen atoms in total. The van der Waals surface area contributed by atoms with Gasteiger partial charge in [-0.2, -0.15) is 0 Å². The molecule has 0 bridgehead atoms. The zero-order valence-electron chi connectivity index (χ0n) is 6.77. The van der Waals surface area contributed by atoms with Crippen molar-refractivity contribution in [2.75, 3.05) is 0 Å². The molecule has 0 fully saturated rings. The van der Waals surface area contributed by atoms with Crippen molar-refractivity contribution in [2.24, 2.45) is 0 Å². The van der Waals surface area contributed by atoms with Gasteiger partial charge in [-0.3, -0.25) is 0 Å². The number of nitrogens with zero attached hydrogens (tertiary/aromatic N) is 2. The molecule has 0 aliphatic rings. The summed E-state index contributed by atoms with van der Waals surface area (Å²) in [5, 5.41) is 7.16. The van der Waals surface area contributed by atoms with E-state index >= 15 is 0 Å². The Morgan fingerprint density at radius 3 is 2.62 bits per heavy atom. The molecular formula is C9H7BrN2O. The smallest absolute Gasteiger partial charge is 0.176 e. The molecule has 2 aromatic rings. The molecular weight excluding hydrogens is 232 g/mol. The van der Waals surface area contributed by atoms with Gasteiger partial charge in [0.05, 0.1) is 0 Å². The summed E-state index contributed by atoms with van der Waals surface area (Å²) in [6.07, 6.45) is 0.717. The van der Waals surface area contributed by atoms with Gasteiger partial charge in [0.25, 0.3) is 0 Å². The van der Waals surface area contributed by atoms with Gasteiger partial charge in [0.2, 0.25) is 0 Å². The van der Waals surface area contributed by atoms with E-state index in [0.717, 1.165) is 5.76 Å². The van der Waals surface area contributed by atoms with Gasteiger partial charge in [-0.25, -0.2) is 0 Å². The van der Waals surface area contributed by atoms with E-state index in [0.29, 0.717) is 11.0 Å². The predicted octanol–water partition coefficient (Wildman–Crippen LogP) is 2.42. The first-order valence-electron chi connectivity index (χ1n) is 3.87. The molecule has 1 aromatic heterocycles. The van der Waals surface area contributed by atoms with Crippen LogP contribution in [-0.4, -0.2) is 10.4 Å². The lowest BCUT2D eigenvalue weighted by Gasteiger charge is -1.95. The summed E-state index contributed by atoms with van der Waals surface area (Å²) < 4.78 is 5.64. The number of hydrogen-bond acceptors (Lipinski definition) is 3.